The van der Waals surface area contributed by atoms with Crippen molar-refractivity contribution in [2.75, 3.05) is 14.2 Å². The minimum atomic E-state index is -0.431. The van der Waals surface area contributed by atoms with Crippen LogP contribution in [0.15, 0.2) is 58.4 Å². The number of hydrogen-bond donors (Lipinski definition) is 2. The Balaban J connectivity index is 1.77. The Morgan fingerprint density at radius 2 is 1.85 bits per heavy atom. The summed E-state index contributed by atoms with van der Waals surface area (Å²) in [4.78, 5) is 27.0. The number of rotatable bonds is 5. The second kappa shape index (κ2) is 7.52. The van der Waals surface area contributed by atoms with E-state index in [1.165, 1.54) is 20.4 Å². The average molecular weight is 351 g/mol. The van der Waals surface area contributed by atoms with Crippen molar-refractivity contribution in [2.24, 2.45) is 5.10 Å². The molecule has 7 heteroatoms. The standard InChI is InChI=1S/C19H17N3O4/c1-25-16-8-7-13(10-17(16)26-2)19(24)22-20-11-14-9-12-5-3-4-6-15(12)21-18(14)23/h3-11H,1-2H3,(H,21,23)(H,22,24)/b20-11+. The molecule has 0 aliphatic carbocycles. The lowest BCUT2D eigenvalue weighted by atomic mass is 10.2. The Labute approximate surface area is 149 Å². The van der Waals surface area contributed by atoms with Crippen molar-refractivity contribution in [2.45, 2.75) is 0 Å². The molecule has 132 valence electrons. The third-order valence-corrected chi connectivity index (χ3v) is 3.80. The van der Waals surface area contributed by atoms with Crippen LogP contribution >= 0.6 is 0 Å². The molecule has 3 rings (SSSR count). The number of carbonyl (C=O) groups is 1. The Bertz CT molecular complexity index is 1040. The van der Waals surface area contributed by atoms with Crippen molar-refractivity contribution in [3.8, 4) is 11.5 Å². The second-order valence-electron chi connectivity index (χ2n) is 5.41. The zero-order valence-electron chi connectivity index (χ0n) is 14.3. The number of hydrazone groups is 1. The van der Waals surface area contributed by atoms with Gasteiger partial charge in [-0.25, -0.2) is 5.43 Å². The normalized spacial score (nSPS) is 10.8. The molecule has 3 aromatic rings. The molecule has 0 saturated heterocycles. The van der Waals surface area contributed by atoms with Gasteiger partial charge in [0.2, 0.25) is 0 Å². The molecule has 2 aromatic carbocycles. The smallest absolute Gasteiger partial charge is 0.271 e. The van der Waals surface area contributed by atoms with Crippen molar-refractivity contribution in [3.05, 3.63) is 70.0 Å². The van der Waals surface area contributed by atoms with E-state index < -0.39 is 5.91 Å². The first-order valence-corrected chi connectivity index (χ1v) is 7.80. The van der Waals surface area contributed by atoms with Crippen molar-refractivity contribution < 1.29 is 14.3 Å². The van der Waals surface area contributed by atoms with Gasteiger partial charge in [-0.15, -0.1) is 0 Å². The highest BCUT2D eigenvalue weighted by Gasteiger charge is 2.10. The van der Waals surface area contributed by atoms with E-state index in [4.69, 9.17) is 9.47 Å². The number of nitrogens with one attached hydrogen (secondary N) is 2. The fourth-order valence-corrected chi connectivity index (χ4v) is 2.46. The monoisotopic (exact) mass is 351 g/mol. The molecule has 1 heterocycles. The number of ether oxygens (including phenoxy) is 2. The van der Waals surface area contributed by atoms with Crippen LogP contribution < -0.4 is 20.5 Å². The van der Waals surface area contributed by atoms with Gasteiger partial charge in [-0.3, -0.25) is 9.59 Å². The van der Waals surface area contributed by atoms with Crippen LogP contribution in [0.3, 0.4) is 0 Å². The number of para-hydroxylation sites is 1. The average Bonchev–Trinajstić information content (AvgIpc) is 2.67. The van der Waals surface area contributed by atoms with Gasteiger partial charge in [0.05, 0.1) is 26.0 Å². The van der Waals surface area contributed by atoms with E-state index in [1.807, 2.05) is 24.3 Å². The van der Waals surface area contributed by atoms with Gasteiger partial charge in [0, 0.05) is 11.1 Å². The highest BCUT2D eigenvalue weighted by Crippen LogP contribution is 2.27. The molecule has 26 heavy (non-hydrogen) atoms. The summed E-state index contributed by atoms with van der Waals surface area (Å²) in [5.41, 5.74) is 3.55. The molecule has 0 spiro atoms. The number of pyridine rings is 1. The fraction of sp³-hybridized carbons (Fsp3) is 0.105. The number of hydrogen-bond acceptors (Lipinski definition) is 5. The number of amides is 1. The molecule has 1 aromatic heterocycles. The summed E-state index contributed by atoms with van der Waals surface area (Å²) in [5.74, 6) is 0.532. The van der Waals surface area contributed by atoms with Gasteiger partial charge < -0.3 is 14.5 Å². The molecule has 1 amide bonds. The first-order chi connectivity index (χ1) is 12.6. The lowest BCUT2D eigenvalue weighted by Crippen LogP contribution is -2.19. The maximum Gasteiger partial charge on any atom is 0.271 e. The van der Waals surface area contributed by atoms with Crippen LogP contribution in [0.4, 0.5) is 0 Å². The topological polar surface area (TPSA) is 92.8 Å². The van der Waals surface area contributed by atoms with Gasteiger partial charge in [0.25, 0.3) is 11.5 Å². The Kier molecular flexibility index (Phi) is 4.98. The molecule has 0 saturated carbocycles. The third kappa shape index (κ3) is 3.56. The Morgan fingerprint density at radius 3 is 2.62 bits per heavy atom. The van der Waals surface area contributed by atoms with E-state index in [0.29, 0.717) is 22.6 Å². The van der Waals surface area contributed by atoms with Crippen LogP contribution in [-0.2, 0) is 0 Å². The van der Waals surface area contributed by atoms with Crippen molar-refractivity contribution in [1.82, 2.24) is 10.4 Å². The molecule has 0 bridgehead atoms. The van der Waals surface area contributed by atoms with Gasteiger partial charge >= 0.3 is 0 Å². The Hall–Kier alpha value is -3.61. The lowest BCUT2D eigenvalue weighted by molar-refractivity contribution is 0.0954. The Morgan fingerprint density at radius 1 is 1.08 bits per heavy atom. The first-order valence-electron chi connectivity index (χ1n) is 7.80. The molecule has 0 aliphatic rings. The van der Waals surface area contributed by atoms with Crippen LogP contribution in [-0.4, -0.2) is 31.3 Å². The highest BCUT2D eigenvalue weighted by molar-refractivity contribution is 5.95. The third-order valence-electron chi connectivity index (χ3n) is 3.80. The summed E-state index contributed by atoms with van der Waals surface area (Å²) in [6.07, 6.45) is 1.31. The SMILES string of the molecule is COc1ccc(C(=O)N/N=C/c2cc3ccccc3[nH]c2=O)cc1OC. The van der Waals surface area contributed by atoms with Crippen LogP contribution in [0.1, 0.15) is 15.9 Å². The molecule has 0 unspecified atom stereocenters. The van der Waals surface area contributed by atoms with E-state index in [1.54, 1.807) is 24.3 Å². The maximum absolute atomic E-state index is 12.2. The minimum absolute atomic E-state index is 0.284. The number of benzene rings is 2. The summed E-state index contributed by atoms with van der Waals surface area (Å²) in [7, 11) is 3.01. The number of aromatic nitrogens is 1. The van der Waals surface area contributed by atoms with E-state index in [-0.39, 0.29) is 5.56 Å². The fourth-order valence-electron chi connectivity index (χ4n) is 2.46. The summed E-state index contributed by atoms with van der Waals surface area (Å²) >= 11 is 0. The molecule has 0 aliphatic heterocycles. The molecule has 7 nitrogen and oxygen atoms in total. The van der Waals surface area contributed by atoms with Gasteiger partial charge in [0.15, 0.2) is 11.5 Å². The molecular formula is C19H17N3O4. The molecule has 2 N–H and O–H groups in total. The van der Waals surface area contributed by atoms with Crippen molar-refractivity contribution in [1.29, 1.82) is 0 Å². The van der Waals surface area contributed by atoms with E-state index in [9.17, 15) is 9.59 Å². The molecule has 0 fully saturated rings. The van der Waals surface area contributed by atoms with Gasteiger partial charge in [0.1, 0.15) is 0 Å². The van der Waals surface area contributed by atoms with E-state index >= 15 is 0 Å². The number of nitrogens with zero attached hydrogens (tertiary/aromatic N) is 1. The molecular weight excluding hydrogens is 334 g/mol. The maximum atomic E-state index is 12.2. The first kappa shape index (κ1) is 17.2. The van der Waals surface area contributed by atoms with Crippen LogP contribution in [0.25, 0.3) is 10.9 Å². The lowest BCUT2D eigenvalue weighted by Gasteiger charge is -2.08. The van der Waals surface area contributed by atoms with Gasteiger partial charge in [-0.05, 0) is 35.7 Å². The van der Waals surface area contributed by atoms with Crippen LogP contribution in [0, 0.1) is 0 Å². The zero-order valence-corrected chi connectivity index (χ0v) is 14.3. The van der Waals surface area contributed by atoms with Gasteiger partial charge in [-0.1, -0.05) is 18.2 Å². The predicted octanol–water partition coefficient (Wildman–Crippen LogP) is 2.31. The summed E-state index contributed by atoms with van der Waals surface area (Å²) in [6.45, 7) is 0. The second-order valence-corrected chi connectivity index (χ2v) is 5.41. The number of methoxy groups -OCH3 is 2. The predicted molar refractivity (Wildman–Crippen MR) is 99.2 cm³/mol. The highest BCUT2D eigenvalue weighted by atomic mass is 16.5. The van der Waals surface area contributed by atoms with Crippen molar-refractivity contribution in [3.63, 3.8) is 0 Å². The number of aromatic amines is 1. The van der Waals surface area contributed by atoms with Crippen molar-refractivity contribution >= 4 is 23.0 Å². The summed E-state index contributed by atoms with van der Waals surface area (Å²) in [5, 5.41) is 4.74. The van der Waals surface area contributed by atoms with E-state index in [0.717, 1.165) is 10.9 Å². The largest absolute Gasteiger partial charge is 0.493 e. The molecule has 0 radical (unpaired) electrons. The zero-order chi connectivity index (χ0) is 18.5. The summed E-state index contributed by atoms with van der Waals surface area (Å²) < 4.78 is 10.3. The minimum Gasteiger partial charge on any atom is -0.493 e. The number of H-pyrrole nitrogens is 1. The number of carbonyl (C=O) groups excluding carboxylic acids is 1. The van der Waals surface area contributed by atoms with Crippen LogP contribution in [0.2, 0.25) is 0 Å². The van der Waals surface area contributed by atoms with E-state index in [2.05, 4.69) is 15.5 Å². The quantitative estimate of drug-likeness (QED) is 0.545. The van der Waals surface area contributed by atoms with Crippen LogP contribution in [0.5, 0.6) is 11.5 Å². The van der Waals surface area contributed by atoms with Gasteiger partial charge in [-0.2, -0.15) is 5.10 Å². The molecule has 0 atom stereocenters. The summed E-state index contributed by atoms with van der Waals surface area (Å²) in [6, 6.07) is 13.9. The number of fused-ring (bicyclic) bond motifs is 1.